The van der Waals surface area contributed by atoms with Gasteiger partial charge in [0.25, 0.3) is 0 Å². The summed E-state index contributed by atoms with van der Waals surface area (Å²) in [6.45, 7) is 7.55. The molecule has 1 aromatic carbocycles. The highest BCUT2D eigenvalue weighted by atomic mass is 32.2. The van der Waals surface area contributed by atoms with Crippen LogP contribution in [-0.2, 0) is 31.9 Å². The van der Waals surface area contributed by atoms with Crippen LogP contribution in [0.25, 0.3) is 0 Å². The summed E-state index contributed by atoms with van der Waals surface area (Å²) < 4.78 is 32.0. The van der Waals surface area contributed by atoms with E-state index < -0.39 is 16.1 Å². The predicted molar refractivity (Wildman–Crippen MR) is 101 cm³/mol. The number of carbonyl (C=O) groups excluding carboxylic acids is 1. The van der Waals surface area contributed by atoms with Gasteiger partial charge in [-0.05, 0) is 16.5 Å². The van der Waals surface area contributed by atoms with E-state index in [4.69, 9.17) is 10.5 Å². The van der Waals surface area contributed by atoms with E-state index in [-0.39, 0.29) is 23.6 Å². The van der Waals surface area contributed by atoms with Crippen LogP contribution in [0.1, 0.15) is 31.9 Å². The Hall–Kier alpha value is -1.48. The highest BCUT2D eigenvalue weighted by Crippen LogP contribution is 2.19. The molecule has 1 amide bonds. The molecule has 3 N–H and O–H groups in total. The van der Waals surface area contributed by atoms with Crippen molar-refractivity contribution in [1.29, 1.82) is 0 Å². The lowest BCUT2D eigenvalue weighted by Crippen LogP contribution is -2.48. The van der Waals surface area contributed by atoms with E-state index in [1.807, 2.05) is 32.9 Å². The van der Waals surface area contributed by atoms with Gasteiger partial charge in [-0.1, -0.05) is 45.0 Å². The molecule has 0 unspecified atom stereocenters. The topological polar surface area (TPSA) is 102 Å². The Morgan fingerprint density at radius 2 is 1.81 bits per heavy atom. The fourth-order valence-corrected chi connectivity index (χ4v) is 4.23. The number of amides is 1. The van der Waals surface area contributed by atoms with Crippen molar-refractivity contribution in [2.45, 2.75) is 39.1 Å². The van der Waals surface area contributed by atoms with Crippen molar-refractivity contribution in [1.82, 2.24) is 9.62 Å². The molecular formula is C18H29N3O4S. The second-order valence-corrected chi connectivity index (χ2v) is 9.57. The van der Waals surface area contributed by atoms with Gasteiger partial charge in [0.15, 0.2) is 0 Å². The first-order chi connectivity index (χ1) is 12.1. The lowest BCUT2D eigenvalue weighted by molar-refractivity contribution is -0.124. The van der Waals surface area contributed by atoms with Gasteiger partial charge < -0.3 is 15.8 Å². The van der Waals surface area contributed by atoms with E-state index in [1.165, 1.54) is 4.31 Å². The number of sulfonamides is 1. The van der Waals surface area contributed by atoms with E-state index in [1.54, 1.807) is 12.1 Å². The zero-order chi connectivity index (χ0) is 19.4. The SMILES string of the molecule is CC(C)(C)[C@H](N)C(=O)NCc1ccccc1CS(=O)(=O)N1CCOCC1. The number of nitrogens with zero attached hydrogens (tertiary/aromatic N) is 1. The van der Waals surface area contributed by atoms with Crippen LogP contribution in [0.3, 0.4) is 0 Å². The number of nitrogens with two attached hydrogens (primary N) is 1. The number of ether oxygens (including phenoxy) is 1. The largest absolute Gasteiger partial charge is 0.379 e. The number of rotatable bonds is 6. The molecule has 0 spiro atoms. The Kier molecular flexibility index (Phi) is 6.79. The van der Waals surface area contributed by atoms with Crippen molar-refractivity contribution in [3.63, 3.8) is 0 Å². The molecule has 0 radical (unpaired) electrons. The van der Waals surface area contributed by atoms with E-state index >= 15 is 0 Å². The average Bonchev–Trinajstić information content (AvgIpc) is 2.59. The van der Waals surface area contributed by atoms with Crippen LogP contribution in [0.15, 0.2) is 24.3 Å². The minimum atomic E-state index is -3.42. The Labute approximate surface area is 155 Å². The summed E-state index contributed by atoms with van der Waals surface area (Å²) in [7, 11) is -3.42. The van der Waals surface area contributed by atoms with Crippen LogP contribution in [0, 0.1) is 5.41 Å². The van der Waals surface area contributed by atoms with Crippen molar-refractivity contribution in [3.8, 4) is 0 Å². The lowest BCUT2D eigenvalue weighted by atomic mass is 9.87. The number of morpholine rings is 1. The molecule has 0 saturated carbocycles. The molecule has 8 heteroatoms. The normalized spacial score (nSPS) is 17.7. The van der Waals surface area contributed by atoms with E-state index in [9.17, 15) is 13.2 Å². The van der Waals surface area contributed by atoms with Gasteiger partial charge in [-0.15, -0.1) is 0 Å². The monoisotopic (exact) mass is 383 g/mol. The van der Waals surface area contributed by atoms with Crippen molar-refractivity contribution in [3.05, 3.63) is 35.4 Å². The van der Waals surface area contributed by atoms with Crippen molar-refractivity contribution >= 4 is 15.9 Å². The molecule has 1 aliphatic heterocycles. The summed E-state index contributed by atoms with van der Waals surface area (Å²) in [5, 5.41) is 2.82. The molecule has 26 heavy (non-hydrogen) atoms. The molecule has 0 aromatic heterocycles. The summed E-state index contributed by atoms with van der Waals surface area (Å²) >= 11 is 0. The standard InChI is InChI=1S/C18H29N3O4S/c1-18(2,3)16(19)17(22)20-12-14-6-4-5-7-15(14)13-26(23,24)21-8-10-25-11-9-21/h4-7,16H,8-13,19H2,1-3H3,(H,20,22)/t16-/m1/s1. The van der Waals surface area contributed by atoms with Crippen LogP contribution >= 0.6 is 0 Å². The number of benzene rings is 1. The first-order valence-electron chi connectivity index (χ1n) is 8.77. The summed E-state index contributed by atoms with van der Waals surface area (Å²) in [4.78, 5) is 12.2. The zero-order valence-corrected chi connectivity index (χ0v) is 16.5. The maximum Gasteiger partial charge on any atom is 0.237 e. The second kappa shape index (κ2) is 8.47. The Morgan fingerprint density at radius 3 is 2.38 bits per heavy atom. The maximum absolute atomic E-state index is 12.6. The number of nitrogens with one attached hydrogen (secondary N) is 1. The first-order valence-corrected chi connectivity index (χ1v) is 10.4. The Balaban J connectivity index is 2.07. The third-order valence-electron chi connectivity index (χ3n) is 4.49. The van der Waals surface area contributed by atoms with Crippen LogP contribution in [-0.4, -0.2) is 51.0 Å². The van der Waals surface area contributed by atoms with Crippen LogP contribution in [0.2, 0.25) is 0 Å². The molecule has 1 aromatic rings. The molecule has 0 aliphatic carbocycles. The van der Waals surface area contributed by atoms with Gasteiger partial charge in [-0.2, -0.15) is 4.31 Å². The summed E-state index contributed by atoms with van der Waals surface area (Å²) in [6.07, 6.45) is 0. The minimum absolute atomic E-state index is 0.0929. The maximum atomic E-state index is 12.6. The molecule has 1 fully saturated rings. The molecule has 0 bridgehead atoms. The van der Waals surface area contributed by atoms with E-state index in [0.717, 1.165) is 5.56 Å². The van der Waals surface area contributed by atoms with Crippen LogP contribution in [0.4, 0.5) is 0 Å². The lowest BCUT2D eigenvalue weighted by Gasteiger charge is -2.27. The molecule has 1 heterocycles. The molecule has 2 rings (SSSR count). The van der Waals surface area contributed by atoms with Crippen molar-refractivity contribution in [2.75, 3.05) is 26.3 Å². The fourth-order valence-electron chi connectivity index (χ4n) is 2.67. The van der Waals surface area contributed by atoms with E-state index in [0.29, 0.717) is 31.9 Å². The first kappa shape index (κ1) is 20.8. The van der Waals surface area contributed by atoms with Gasteiger partial charge in [-0.25, -0.2) is 8.42 Å². The minimum Gasteiger partial charge on any atom is -0.379 e. The van der Waals surface area contributed by atoms with Crippen molar-refractivity contribution in [2.24, 2.45) is 11.1 Å². The number of carbonyl (C=O) groups is 1. The highest BCUT2D eigenvalue weighted by molar-refractivity contribution is 7.88. The third-order valence-corrected chi connectivity index (χ3v) is 6.32. The molecule has 1 atom stereocenters. The zero-order valence-electron chi connectivity index (χ0n) is 15.7. The van der Waals surface area contributed by atoms with Gasteiger partial charge in [0, 0.05) is 19.6 Å². The van der Waals surface area contributed by atoms with Crippen LogP contribution < -0.4 is 11.1 Å². The molecule has 1 aliphatic rings. The summed E-state index contributed by atoms with van der Waals surface area (Å²) in [5.41, 5.74) is 7.09. The molecule has 7 nitrogen and oxygen atoms in total. The Morgan fingerprint density at radius 1 is 1.23 bits per heavy atom. The molecular weight excluding hydrogens is 354 g/mol. The van der Waals surface area contributed by atoms with Crippen molar-refractivity contribution < 1.29 is 17.9 Å². The smallest absolute Gasteiger partial charge is 0.237 e. The van der Waals surface area contributed by atoms with Gasteiger partial charge in [0.05, 0.1) is 25.0 Å². The fraction of sp³-hybridized carbons (Fsp3) is 0.611. The summed E-state index contributed by atoms with van der Waals surface area (Å²) in [6, 6.07) is 6.61. The molecule has 1 saturated heterocycles. The second-order valence-electron chi connectivity index (χ2n) is 7.60. The quantitative estimate of drug-likeness (QED) is 0.758. The highest BCUT2D eigenvalue weighted by Gasteiger charge is 2.28. The average molecular weight is 384 g/mol. The number of hydrogen-bond donors (Lipinski definition) is 2. The third kappa shape index (κ3) is 5.51. The van der Waals surface area contributed by atoms with Gasteiger partial charge in [-0.3, -0.25) is 4.79 Å². The van der Waals surface area contributed by atoms with Gasteiger partial charge >= 0.3 is 0 Å². The Bertz CT molecular complexity index is 722. The van der Waals surface area contributed by atoms with Gasteiger partial charge in [0.1, 0.15) is 0 Å². The predicted octanol–water partition coefficient (Wildman–Crippen LogP) is 0.838. The number of hydrogen-bond acceptors (Lipinski definition) is 5. The summed E-state index contributed by atoms with van der Waals surface area (Å²) in [5.74, 6) is -0.340. The van der Waals surface area contributed by atoms with Gasteiger partial charge in [0.2, 0.25) is 15.9 Å². The van der Waals surface area contributed by atoms with Crippen LogP contribution in [0.5, 0.6) is 0 Å². The molecule has 146 valence electrons. The van der Waals surface area contributed by atoms with E-state index in [2.05, 4.69) is 5.32 Å².